The number of aliphatic hydroxyl groups is 1. The van der Waals surface area contributed by atoms with Crippen molar-refractivity contribution < 1.29 is 19.4 Å². The van der Waals surface area contributed by atoms with Crippen LogP contribution in [0.5, 0.6) is 5.75 Å². The molecule has 0 bridgehead atoms. The molecule has 9 nitrogen and oxygen atoms in total. The normalized spacial score (nSPS) is 20.3. The minimum absolute atomic E-state index is 0.0103. The summed E-state index contributed by atoms with van der Waals surface area (Å²) in [6, 6.07) is 10.6. The maximum Gasteiger partial charge on any atom is 0.321 e. The standard InChI is InChI=1S/C25H29N5O4/c1-16(2)21-5-4-6-22(30(21)33)24(31)27-20-13-17-15-29(28-19(17)14-23(20)34-3)18-7-9-25(32,10-8-18)11-12-26/h4-6,13-16,18,32H,7-11H2,1-3H3,(H,27,31). The van der Waals surface area contributed by atoms with Crippen LogP contribution in [0.1, 0.15) is 74.1 Å². The lowest BCUT2D eigenvalue weighted by Gasteiger charge is -2.34. The maximum absolute atomic E-state index is 12.9. The summed E-state index contributed by atoms with van der Waals surface area (Å²) in [5.41, 5.74) is 0.778. The number of rotatable bonds is 6. The topological polar surface area (TPSA) is 127 Å². The molecule has 1 aromatic carbocycles. The Morgan fingerprint density at radius 3 is 2.79 bits per heavy atom. The van der Waals surface area contributed by atoms with Gasteiger partial charge in [-0.15, -0.1) is 0 Å². The van der Waals surface area contributed by atoms with Gasteiger partial charge in [0.25, 0.3) is 5.69 Å². The van der Waals surface area contributed by atoms with Crippen LogP contribution in [0, 0.1) is 16.5 Å². The van der Waals surface area contributed by atoms with Crippen molar-refractivity contribution in [2.75, 3.05) is 12.4 Å². The van der Waals surface area contributed by atoms with Crippen LogP contribution < -0.4 is 14.8 Å². The van der Waals surface area contributed by atoms with Gasteiger partial charge < -0.3 is 20.4 Å². The van der Waals surface area contributed by atoms with Crippen LogP contribution in [-0.2, 0) is 0 Å². The Morgan fingerprint density at radius 2 is 2.15 bits per heavy atom. The van der Waals surface area contributed by atoms with Crippen LogP contribution in [-0.4, -0.2) is 33.5 Å². The third-order valence-electron chi connectivity index (χ3n) is 6.56. The number of nitrogens with one attached hydrogen (secondary N) is 1. The third-order valence-corrected chi connectivity index (χ3v) is 6.56. The zero-order valence-corrected chi connectivity index (χ0v) is 19.6. The van der Waals surface area contributed by atoms with Gasteiger partial charge in [0, 0.05) is 35.7 Å². The van der Waals surface area contributed by atoms with Crippen LogP contribution in [0.4, 0.5) is 5.69 Å². The Morgan fingerprint density at radius 1 is 1.41 bits per heavy atom. The number of nitriles is 1. The largest absolute Gasteiger partial charge is 0.618 e. The molecule has 1 aliphatic carbocycles. The summed E-state index contributed by atoms with van der Waals surface area (Å²) >= 11 is 0. The molecule has 1 aliphatic rings. The number of amides is 1. The highest BCUT2D eigenvalue weighted by Crippen LogP contribution is 2.38. The number of carbonyl (C=O) groups excluding carboxylic acids is 1. The number of ether oxygens (including phenoxy) is 1. The summed E-state index contributed by atoms with van der Waals surface area (Å²) in [6.45, 7) is 3.80. The summed E-state index contributed by atoms with van der Waals surface area (Å²) in [5.74, 6) is -0.0974. The molecule has 0 aliphatic heterocycles. The van der Waals surface area contributed by atoms with Gasteiger partial charge in [0.1, 0.15) is 5.75 Å². The fraction of sp³-hybridized carbons (Fsp3) is 0.440. The van der Waals surface area contributed by atoms with Crippen LogP contribution >= 0.6 is 0 Å². The van der Waals surface area contributed by atoms with Gasteiger partial charge in [-0.1, -0.05) is 13.8 Å². The van der Waals surface area contributed by atoms with Gasteiger partial charge in [-0.05, 0) is 37.8 Å². The average molecular weight is 464 g/mol. The van der Waals surface area contributed by atoms with Crippen LogP contribution in [0.2, 0.25) is 0 Å². The summed E-state index contributed by atoms with van der Waals surface area (Å²) in [6.07, 6.45) is 4.61. The molecule has 0 saturated heterocycles. The van der Waals surface area contributed by atoms with Gasteiger partial charge in [-0.3, -0.25) is 9.48 Å². The van der Waals surface area contributed by atoms with Crippen molar-refractivity contribution in [3.63, 3.8) is 0 Å². The Bertz CT molecular complexity index is 1250. The number of nitrogens with zero attached hydrogens (tertiary/aromatic N) is 4. The van der Waals surface area contributed by atoms with E-state index in [0.717, 1.165) is 18.2 Å². The second-order valence-corrected chi connectivity index (χ2v) is 9.25. The van der Waals surface area contributed by atoms with Crippen LogP contribution in [0.15, 0.2) is 36.5 Å². The molecule has 0 atom stereocenters. The maximum atomic E-state index is 12.9. The van der Waals surface area contributed by atoms with Gasteiger partial charge in [0.05, 0.1) is 42.4 Å². The van der Waals surface area contributed by atoms with Crippen molar-refractivity contribution in [2.24, 2.45) is 0 Å². The molecule has 3 aromatic rings. The Kier molecular flexibility index (Phi) is 6.44. The van der Waals surface area contributed by atoms with Crippen LogP contribution in [0.3, 0.4) is 0 Å². The van der Waals surface area contributed by atoms with Crippen molar-refractivity contribution >= 4 is 22.5 Å². The zero-order valence-electron chi connectivity index (χ0n) is 19.6. The number of anilines is 1. The highest BCUT2D eigenvalue weighted by molar-refractivity contribution is 6.04. The van der Waals surface area contributed by atoms with E-state index in [-0.39, 0.29) is 24.1 Å². The van der Waals surface area contributed by atoms with E-state index in [1.54, 1.807) is 24.3 Å². The molecular weight excluding hydrogens is 434 g/mol. The van der Waals surface area contributed by atoms with Crippen molar-refractivity contribution in [1.82, 2.24) is 9.78 Å². The van der Waals surface area contributed by atoms with E-state index in [9.17, 15) is 15.1 Å². The molecule has 0 radical (unpaired) electrons. The fourth-order valence-corrected chi connectivity index (χ4v) is 4.55. The van der Waals surface area contributed by atoms with E-state index in [1.165, 1.54) is 13.2 Å². The van der Waals surface area contributed by atoms with Crippen molar-refractivity contribution in [1.29, 1.82) is 5.26 Å². The lowest BCUT2D eigenvalue weighted by molar-refractivity contribution is -0.617. The lowest BCUT2D eigenvalue weighted by Crippen LogP contribution is -2.41. The number of aromatic nitrogens is 3. The van der Waals surface area contributed by atoms with E-state index in [0.29, 0.717) is 40.2 Å². The number of carbonyl (C=O) groups is 1. The smallest absolute Gasteiger partial charge is 0.321 e. The van der Waals surface area contributed by atoms with Gasteiger partial charge >= 0.3 is 5.91 Å². The summed E-state index contributed by atoms with van der Waals surface area (Å²) in [7, 11) is 1.51. The van der Waals surface area contributed by atoms with Crippen molar-refractivity contribution in [2.45, 2.75) is 63.5 Å². The summed E-state index contributed by atoms with van der Waals surface area (Å²) in [5, 5.41) is 40.4. The number of fused-ring (bicyclic) bond motifs is 1. The Hall–Kier alpha value is -3.64. The first-order chi connectivity index (χ1) is 16.2. The number of benzene rings is 1. The molecular formula is C25H29N5O4. The predicted octanol–water partition coefficient (Wildman–Crippen LogP) is 3.81. The minimum atomic E-state index is -0.913. The molecule has 34 heavy (non-hydrogen) atoms. The number of methoxy groups -OCH3 is 1. The first-order valence-corrected chi connectivity index (χ1v) is 11.4. The van der Waals surface area contributed by atoms with Crippen LogP contribution in [0.25, 0.3) is 10.9 Å². The highest BCUT2D eigenvalue weighted by atomic mass is 16.5. The zero-order chi connectivity index (χ0) is 24.5. The molecule has 4 rings (SSSR count). The second-order valence-electron chi connectivity index (χ2n) is 9.25. The predicted molar refractivity (Wildman–Crippen MR) is 126 cm³/mol. The van der Waals surface area contributed by atoms with Gasteiger partial charge in [0.15, 0.2) is 5.69 Å². The Labute approximate surface area is 198 Å². The molecule has 2 heterocycles. The first kappa shape index (κ1) is 23.5. The second kappa shape index (κ2) is 9.31. The summed E-state index contributed by atoms with van der Waals surface area (Å²) in [4.78, 5) is 12.9. The number of hydrogen-bond acceptors (Lipinski definition) is 6. The molecule has 9 heteroatoms. The highest BCUT2D eigenvalue weighted by Gasteiger charge is 2.34. The fourth-order valence-electron chi connectivity index (χ4n) is 4.55. The molecule has 2 aromatic heterocycles. The molecule has 2 N–H and O–H groups in total. The quantitative estimate of drug-likeness (QED) is 0.423. The number of pyridine rings is 1. The van der Waals surface area contributed by atoms with E-state index in [2.05, 4.69) is 16.5 Å². The SMILES string of the molecule is COc1cc2nn(C3CCC(O)(CC#N)CC3)cc2cc1NC(=O)c1cccc(C(C)C)[n+]1[O-]. The number of hydrogen-bond donors (Lipinski definition) is 2. The van der Waals surface area contributed by atoms with E-state index >= 15 is 0 Å². The van der Waals surface area contributed by atoms with E-state index in [4.69, 9.17) is 10.00 Å². The minimum Gasteiger partial charge on any atom is -0.618 e. The molecule has 0 spiro atoms. The summed E-state index contributed by atoms with van der Waals surface area (Å²) < 4.78 is 8.03. The van der Waals surface area contributed by atoms with Crippen molar-refractivity contribution in [3.05, 3.63) is 53.1 Å². The van der Waals surface area contributed by atoms with E-state index < -0.39 is 11.5 Å². The van der Waals surface area contributed by atoms with Gasteiger partial charge in [-0.2, -0.15) is 15.1 Å². The first-order valence-electron chi connectivity index (χ1n) is 11.4. The van der Waals surface area contributed by atoms with Gasteiger partial charge in [0.2, 0.25) is 0 Å². The lowest BCUT2D eigenvalue weighted by atomic mass is 9.80. The molecule has 178 valence electrons. The van der Waals surface area contributed by atoms with Gasteiger partial charge in [-0.25, -0.2) is 0 Å². The molecule has 1 fully saturated rings. The molecule has 1 amide bonds. The monoisotopic (exact) mass is 463 g/mol. The molecule has 0 unspecified atom stereocenters. The van der Waals surface area contributed by atoms with E-state index in [1.807, 2.05) is 24.7 Å². The Balaban J connectivity index is 1.58. The average Bonchev–Trinajstić information content (AvgIpc) is 3.21. The van der Waals surface area contributed by atoms with Crippen molar-refractivity contribution in [3.8, 4) is 11.8 Å². The third kappa shape index (κ3) is 4.54. The molecule has 1 saturated carbocycles.